The van der Waals surface area contributed by atoms with Crippen LogP contribution in [0.1, 0.15) is 12.8 Å². The summed E-state index contributed by atoms with van der Waals surface area (Å²) in [6.07, 6.45) is 1.48. The zero-order valence-corrected chi connectivity index (χ0v) is 13.6. The molecule has 0 heterocycles. The summed E-state index contributed by atoms with van der Waals surface area (Å²) < 4.78 is 0. The number of hydrogen-bond donors (Lipinski definition) is 2. The summed E-state index contributed by atoms with van der Waals surface area (Å²) in [5.41, 5.74) is 2.21. The first-order valence-corrected chi connectivity index (χ1v) is 7.41. The summed E-state index contributed by atoms with van der Waals surface area (Å²) in [6.45, 7) is 2.39. The molecule has 118 valence electrons. The Morgan fingerprint density at radius 2 is 1.71 bits per heavy atom. The molecule has 0 saturated heterocycles. The van der Waals surface area contributed by atoms with Gasteiger partial charge in [-0.3, -0.25) is 4.79 Å². The summed E-state index contributed by atoms with van der Waals surface area (Å²) in [7, 11) is 8.10. The number of nitrogens with zero attached hydrogens (tertiary/aromatic N) is 2. The van der Waals surface area contributed by atoms with Crippen LogP contribution in [0.2, 0.25) is 0 Å². The highest BCUT2D eigenvalue weighted by Gasteiger charge is 2.01. The van der Waals surface area contributed by atoms with Gasteiger partial charge in [0.2, 0.25) is 5.91 Å². The number of carbonyl (C=O) groups excluding carboxylic acids is 1. The molecule has 2 N–H and O–H groups in total. The van der Waals surface area contributed by atoms with Crippen molar-refractivity contribution in [3.05, 3.63) is 24.3 Å². The Balaban J connectivity index is 2.16. The van der Waals surface area contributed by atoms with E-state index in [4.69, 9.17) is 0 Å². The predicted octanol–water partition coefficient (Wildman–Crippen LogP) is 1.62. The highest BCUT2D eigenvalue weighted by Crippen LogP contribution is 2.15. The molecule has 1 aromatic carbocycles. The maximum absolute atomic E-state index is 11.6. The molecular formula is C16H28N4O. The predicted molar refractivity (Wildman–Crippen MR) is 90.1 cm³/mol. The first kappa shape index (κ1) is 17.3. The molecule has 0 aliphatic carbocycles. The fourth-order valence-corrected chi connectivity index (χ4v) is 1.91. The molecule has 0 aliphatic heterocycles. The van der Waals surface area contributed by atoms with E-state index >= 15 is 0 Å². The van der Waals surface area contributed by atoms with Crippen LogP contribution in [0.25, 0.3) is 0 Å². The van der Waals surface area contributed by atoms with Crippen molar-refractivity contribution < 1.29 is 4.79 Å². The fourth-order valence-electron chi connectivity index (χ4n) is 1.91. The van der Waals surface area contributed by atoms with E-state index in [0.29, 0.717) is 13.0 Å². The number of hydrogen-bond acceptors (Lipinski definition) is 4. The minimum absolute atomic E-state index is 0.103. The lowest BCUT2D eigenvalue weighted by molar-refractivity contribution is -0.120. The normalized spacial score (nSPS) is 10.5. The number of carbonyl (C=O) groups is 1. The van der Waals surface area contributed by atoms with Crippen LogP contribution in [-0.4, -0.2) is 58.6 Å². The first-order chi connectivity index (χ1) is 9.99. The second kappa shape index (κ2) is 9.23. The number of amides is 1. The molecule has 5 nitrogen and oxygen atoms in total. The van der Waals surface area contributed by atoms with Crippen LogP contribution >= 0.6 is 0 Å². The third-order valence-corrected chi connectivity index (χ3v) is 3.17. The summed E-state index contributed by atoms with van der Waals surface area (Å²) in [5, 5.41) is 6.20. The lowest BCUT2D eigenvalue weighted by Crippen LogP contribution is -2.28. The summed E-state index contributed by atoms with van der Waals surface area (Å²) in [4.78, 5) is 15.8. The Kier molecular flexibility index (Phi) is 7.61. The van der Waals surface area contributed by atoms with E-state index in [1.807, 2.05) is 40.3 Å². The Hall–Kier alpha value is -1.75. The average molecular weight is 292 g/mol. The van der Waals surface area contributed by atoms with Gasteiger partial charge in [-0.2, -0.15) is 0 Å². The third kappa shape index (κ3) is 7.56. The summed E-state index contributed by atoms with van der Waals surface area (Å²) >= 11 is 0. The van der Waals surface area contributed by atoms with E-state index in [0.717, 1.165) is 25.2 Å². The largest absolute Gasteiger partial charge is 0.385 e. The van der Waals surface area contributed by atoms with Crippen LogP contribution in [-0.2, 0) is 4.79 Å². The van der Waals surface area contributed by atoms with E-state index in [2.05, 4.69) is 32.6 Å². The lowest BCUT2D eigenvalue weighted by Gasteiger charge is -2.13. The second-order valence-electron chi connectivity index (χ2n) is 5.62. The van der Waals surface area contributed by atoms with Crippen LogP contribution < -0.4 is 15.5 Å². The Morgan fingerprint density at radius 1 is 1.05 bits per heavy atom. The van der Waals surface area contributed by atoms with Crippen molar-refractivity contribution in [3.63, 3.8) is 0 Å². The summed E-state index contributed by atoms with van der Waals surface area (Å²) in [5.74, 6) is 0.103. The third-order valence-electron chi connectivity index (χ3n) is 3.17. The molecule has 0 aliphatic rings. The van der Waals surface area contributed by atoms with Gasteiger partial charge in [0.25, 0.3) is 0 Å². The van der Waals surface area contributed by atoms with E-state index in [-0.39, 0.29) is 5.91 Å². The zero-order chi connectivity index (χ0) is 15.7. The molecular weight excluding hydrogens is 264 g/mol. The zero-order valence-electron chi connectivity index (χ0n) is 13.6. The van der Waals surface area contributed by atoms with Gasteiger partial charge in [0.05, 0.1) is 0 Å². The van der Waals surface area contributed by atoms with Crippen molar-refractivity contribution in [1.29, 1.82) is 0 Å². The maximum Gasteiger partial charge on any atom is 0.221 e. The van der Waals surface area contributed by atoms with Gasteiger partial charge >= 0.3 is 0 Å². The second-order valence-corrected chi connectivity index (χ2v) is 5.62. The smallest absolute Gasteiger partial charge is 0.221 e. The molecule has 0 spiro atoms. The van der Waals surface area contributed by atoms with Crippen molar-refractivity contribution in [1.82, 2.24) is 10.2 Å². The maximum atomic E-state index is 11.6. The average Bonchev–Trinajstić information content (AvgIpc) is 2.44. The van der Waals surface area contributed by atoms with Crippen LogP contribution in [0.4, 0.5) is 11.4 Å². The monoisotopic (exact) mass is 292 g/mol. The van der Waals surface area contributed by atoms with Crippen molar-refractivity contribution in [2.75, 3.05) is 58.0 Å². The SMILES string of the molecule is CN(C)CCCNC(=O)CCNc1ccc(N(C)C)cc1. The van der Waals surface area contributed by atoms with Gasteiger partial charge in [-0.25, -0.2) is 0 Å². The number of nitrogens with one attached hydrogen (secondary N) is 2. The van der Waals surface area contributed by atoms with Gasteiger partial charge < -0.3 is 20.4 Å². The van der Waals surface area contributed by atoms with Gasteiger partial charge in [0, 0.05) is 45.0 Å². The van der Waals surface area contributed by atoms with Gasteiger partial charge in [0.1, 0.15) is 0 Å². The van der Waals surface area contributed by atoms with Gasteiger partial charge in [-0.15, -0.1) is 0 Å². The minimum atomic E-state index is 0.103. The fraction of sp³-hybridized carbons (Fsp3) is 0.562. The van der Waals surface area contributed by atoms with Crippen LogP contribution in [0.15, 0.2) is 24.3 Å². The molecule has 1 rings (SSSR count). The van der Waals surface area contributed by atoms with E-state index < -0.39 is 0 Å². The first-order valence-electron chi connectivity index (χ1n) is 7.41. The lowest BCUT2D eigenvalue weighted by atomic mass is 10.2. The molecule has 0 saturated carbocycles. The molecule has 1 aromatic rings. The molecule has 5 heteroatoms. The highest BCUT2D eigenvalue weighted by molar-refractivity contribution is 5.76. The van der Waals surface area contributed by atoms with Gasteiger partial charge in [0.15, 0.2) is 0 Å². The Bertz CT molecular complexity index is 415. The van der Waals surface area contributed by atoms with Crippen LogP contribution in [0, 0.1) is 0 Å². The molecule has 0 radical (unpaired) electrons. The van der Waals surface area contributed by atoms with E-state index in [1.165, 1.54) is 5.69 Å². The van der Waals surface area contributed by atoms with Crippen LogP contribution in [0.3, 0.4) is 0 Å². The standard InChI is InChI=1S/C16H28N4O/c1-19(2)13-5-11-18-16(21)10-12-17-14-6-8-15(9-7-14)20(3)4/h6-9,17H,5,10-13H2,1-4H3,(H,18,21). The molecule has 0 fully saturated rings. The van der Waals surface area contributed by atoms with E-state index in [9.17, 15) is 4.79 Å². The molecule has 0 unspecified atom stereocenters. The molecule has 1 amide bonds. The topological polar surface area (TPSA) is 47.6 Å². The number of anilines is 2. The molecule has 0 aromatic heterocycles. The minimum Gasteiger partial charge on any atom is -0.385 e. The molecule has 0 bridgehead atoms. The van der Waals surface area contributed by atoms with Crippen molar-refractivity contribution in [2.45, 2.75) is 12.8 Å². The highest BCUT2D eigenvalue weighted by atomic mass is 16.1. The van der Waals surface area contributed by atoms with Crippen molar-refractivity contribution in [3.8, 4) is 0 Å². The van der Waals surface area contributed by atoms with E-state index in [1.54, 1.807) is 0 Å². The summed E-state index contributed by atoms with van der Waals surface area (Å²) in [6, 6.07) is 8.18. The van der Waals surface area contributed by atoms with Crippen molar-refractivity contribution >= 4 is 17.3 Å². The number of benzene rings is 1. The Morgan fingerprint density at radius 3 is 2.29 bits per heavy atom. The number of rotatable bonds is 9. The van der Waals surface area contributed by atoms with Crippen molar-refractivity contribution in [2.24, 2.45) is 0 Å². The van der Waals surface area contributed by atoms with Gasteiger partial charge in [-0.1, -0.05) is 0 Å². The van der Waals surface area contributed by atoms with Crippen LogP contribution in [0.5, 0.6) is 0 Å². The molecule has 21 heavy (non-hydrogen) atoms. The molecule has 0 atom stereocenters. The van der Waals surface area contributed by atoms with Gasteiger partial charge in [-0.05, 0) is 51.3 Å². The Labute approximate surface area is 128 Å². The quantitative estimate of drug-likeness (QED) is 0.679.